The van der Waals surface area contributed by atoms with E-state index in [1.807, 2.05) is 24.3 Å². The van der Waals surface area contributed by atoms with Crippen LogP contribution in [0.5, 0.6) is 11.5 Å². The zero-order valence-corrected chi connectivity index (χ0v) is 15.9. The molecule has 28 heavy (non-hydrogen) atoms. The molecule has 0 amide bonds. The third-order valence-corrected chi connectivity index (χ3v) is 5.02. The second kappa shape index (κ2) is 9.08. The van der Waals surface area contributed by atoms with Crippen molar-refractivity contribution in [3.05, 3.63) is 54.1 Å². The smallest absolute Gasteiger partial charge is 0.343 e. The normalized spacial score (nSPS) is 19.9. The third kappa shape index (κ3) is 4.82. The maximum Gasteiger partial charge on any atom is 0.343 e. The van der Waals surface area contributed by atoms with Gasteiger partial charge in [-0.3, -0.25) is 0 Å². The Hall–Kier alpha value is -2.57. The molecule has 6 nitrogen and oxygen atoms in total. The molecule has 2 aliphatic heterocycles. The Morgan fingerprint density at radius 3 is 2.36 bits per heavy atom. The number of piperazine rings is 1. The van der Waals surface area contributed by atoms with Crippen molar-refractivity contribution in [2.24, 2.45) is 0 Å². The molecule has 2 heterocycles. The zero-order valence-electron chi connectivity index (χ0n) is 15.9. The SMILES string of the molecule is O=C(Oc1ccc(N2CCNCC2)cc1)c1ccc(OC2CCCCO2)cc1. The van der Waals surface area contributed by atoms with E-state index in [1.165, 1.54) is 0 Å². The Morgan fingerprint density at radius 1 is 0.964 bits per heavy atom. The molecule has 0 spiro atoms. The van der Waals surface area contributed by atoms with Crippen molar-refractivity contribution in [2.45, 2.75) is 25.6 Å². The molecule has 2 aliphatic rings. The summed E-state index contributed by atoms with van der Waals surface area (Å²) in [4.78, 5) is 14.7. The van der Waals surface area contributed by atoms with Gasteiger partial charge in [-0.05, 0) is 61.4 Å². The van der Waals surface area contributed by atoms with Gasteiger partial charge in [-0.2, -0.15) is 0 Å². The molecule has 148 valence electrons. The lowest BCUT2D eigenvalue weighted by molar-refractivity contribution is -0.105. The highest BCUT2D eigenvalue weighted by Crippen LogP contribution is 2.22. The van der Waals surface area contributed by atoms with Crippen molar-refractivity contribution < 1.29 is 19.0 Å². The summed E-state index contributed by atoms with van der Waals surface area (Å²) in [5, 5.41) is 3.34. The van der Waals surface area contributed by atoms with Crippen LogP contribution in [0.3, 0.4) is 0 Å². The van der Waals surface area contributed by atoms with Crippen LogP contribution in [0, 0.1) is 0 Å². The van der Waals surface area contributed by atoms with Crippen LogP contribution in [0.1, 0.15) is 29.6 Å². The second-order valence-corrected chi connectivity index (χ2v) is 7.06. The number of carbonyl (C=O) groups excluding carboxylic acids is 1. The number of esters is 1. The van der Waals surface area contributed by atoms with Gasteiger partial charge in [0, 0.05) is 38.3 Å². The number of rotatable bonds is 5. The molecule has 1 N–H and O–H groups in total. The van der Waals surface area contributed by atoms with Gasteiger partial charge in [0.25, 0.3) is 0 Å². The van der Waals surface area contributed by atoms with Crippen LogP contribution >= 0.6 is 0 Å². The van der Waals surface area contributed by atoms with Gasteiger partial charge in [0.1, 0.15) is 11.5 Å². The molecule has 4 rings (SSSR count). The van der Waals surface area contributed by atoms with Crippen LogP contribution in [-0.2, 0) is 4.74 Å². The highest BCUT2D eigenvalue weighted by molar-refractivity contribution is 5.91. The predicted molar refractivity (Wildman–Crippen MR) is 107 cm³/mol. The first-order valence-corrected chi connectivity index (χ1v) is 9.94. The van der Waals surface area contributed by atoms with Gasteiger partial charge in [-0.1, -0.05) is 0 Å². The molecule has 1 atom stereocenters. The number of nitrogens with zero attached hydrogens (tertiary/aromatic N) is 1. The summed E-state index contributed by atoms with van der Waals surface area (Å²) in [6.45, 7) is 4.69. The van der Waals surface area contributed by atoms with Crippen molar-refractivity contribution in [2.75, 3.05) is 37.7 Å². The molecule has 0 saturated carbocycles. The Balaban J connectivity index is 1.32. The lowest BCUT2D eigenvalue weighted by Gasteiger charge is -2.29. The molecular weight excluding hydrogens is 356 g/mol. The topological polar surface area (TPSA) is 60.0 Å². The number of nitrogens with one attached hydrogen (secondary N) is 1. The number of benzene rings is 2. The summed E-state index contributed by atoms with van der Waals surface area (Å²) < 4.78 is 16.9. The molecule has 1 unspecified atom stereocenters. The lowest BCUT2D eigenvalue weighted by Crippen LogP contribution is -2.43. The summed E-state index contributed by atoms with van der Waals surface area (Å²) in [5.41, 5.74) is 1.64. The van der Waals surface area contributed by atoms with E-state index in [1.54, 1.807) is 24.3 Å². The molecule has 6 heteroatoms. The van der Waals surface area contributed by atoms with Gasteiger partial charge in [0.05, 0.1) is 12.2 Å². The highest BCUT2D eigenvalue weighted by Gasteiger charge is 2.16. The number of carbonyl (C=O) groups is 1. The predicted octanol–water partition coefficient (Wildman–Crippen LogP) is 3.22. The monoisotopic (exact) mass is 382 g/mol. The first-order valence-electron chi connectivity index (χ1n) is 9.94. The summed E-state index contributed by atoms with van der Waals surface area (Å²) in [7, 11) is 0. The van der Waals surface area contributed by atoms with Gasteiger partial charge >= 0.3 is 5.97 Å². The number of hydrogen-bond acceptors (Lipinski definition) is 6. The van der Waals surface area contributed by atoms with Crippen molar-refractivity contribution in [1.82, 2.24) is 5.32 Å². The Kier molecular flexibility index (Phi) is 6.09. The van der Waals surface area contributed by atoms with Gasteiger partial charge < -0.3 is 24.4 Å². The molecule has 0 aromatic heterocycles. The van der Waals surface area contributed by atoms with Crippen LogP contribution in [0.15, 0.2) is 48.5 Å². The van der Waals surface area contributed by atoms with E-state index in [0.29, 0.717) is 17.1 Å². The Bertz CT molecular complexity index is 764. The maximum absolute atomic E-state index is 12.4. The number of ether oxygens (including phenoxy) is 3. The molecule has 2 fully saturated rings. The first kappa shape index (κ1) is 18.8. The maximum atomic E-state index is 12.4. The minimum Gasteiger partial charge on any atom is -0.465 e. The standard InChI is InChI=1S/C22H26N2O4/c25-22(17-4-8-19(9-5-17)27-21-3-1-2-16-26-21)28-20-10-6-18(7-11-20)24-14-12-23-13-15-24/h4-11,21,23H,1-3,12-16H2. The van der Waals surface area contributed by atoms with Gasteiger partial charge in [-0.25, -0.2) is 4.79 Å². The average molecular weight is 382 g/mol. The lowest BCUT2D eigenvalue weighted by atomic mass is 10.2. The molecule has 2 aromatic rings. The fraction of sp³-hybridized carbons (Fsp3) is 0.409. The average Bonchev–Trinajstić information content (AvgIpc) is 2.76. The fourth-order valence-electron chi connectivity index (χ4n) is 3.44. The van der Waals surface area contributed by atoms with E-state index in [-0.39, 0.29) is 12.3 Å². The second-order valence-electron chi connectivity index (χ2n) is 7.06. The minimum atomic E-state index is -0.379. The molecule has 0 aliphatic carbocycles. The van der Waals surface area contributed by atoms with Gasteiger partial charge in [-0.15, -0.1) is 0 Å². The summed E-state index contributed by atoms with van der Waals surface area (Å²) in [6.07, 6.45) is 2.90. The molecule has 2 saturated heterocycles. The first-order chi connectivity index (χ1) is 13.8. The van der Waals surface area contributed by atoms with Crippen molar-refractivity contribution in [1.29, 1.82) is 0 Å². The van der Waals surface area contributed by atoms with Crippen molar-refractivity contribution in [3.63, 3.8) is 0 Å². The van der Waals surface area contributed by atoms with E-state index >= 15 is 0 Å². The van der Waals surface area contributed by atoms with Gasteiger partial charge in [0.15, 0.2) is 6.29 Å². The van der Waals surface area contributed by atoms with Crippen LogP contribution in [0.2, 0.25) is 0 Å². The number of anilines is 1. The minimum absolute atomic E-state index is 0.194. The van der Waals surface area contributed by atoms with Crippen LogP contribution in [-0.4, -0.2) is 45.0 Å². The van der Waals surface area contributed by atoms with Crippen LogP contribution in [0.4, 0.5) is 5.69 Å². The highest BCUT2D eigenvalue weighted by atomic mass is 16.7. The van der Waals surface area contributed by atoms with Gasteiger partial charge in [0.2, 0.25) is 0 Å². The molecule has 0 radical (unpaired) electrons. The quantitative estimate of drug-likeness (QED) is 0.633. The van der Waals surface area contributed by atoms with E-state index in [2.05, 4.69) is 10.2 Å². The Morgan fingerprint density at radius 2 is 1.68 bits per heavy atom. The summed E-state index contributed by atoms with van der Waals surface area (Å²) >= 11 is 0. The molecule has 0 bridgehead atoms. The van der Waals surface area contributed by atoms with Crippen LogP contribution in [0.25, 0.3) is 0 Å². The molecule has 2 aromatic carbocycles. The summed E-state index contributed by atoms with van der Waals surface area (Å²) in [5.74, 6) is 0.860. The third-order valence-electron chi connectivity index (χ3n) is 5.02. The van der Waals surface area contributed by atoms with E-state index in [4.69, 9.17) is 14.2 Å². The fourth-order valence-corrected chi connectivity index (χ4v) is 3.44. The van der Waals surface area contributed by atoms with E-state index in [0.717, 1.165) is 57.7 Å². The van der Waals surface area contributed by atoms with E-state index < -0.39 is 0 Å². The number of hydrogen-bond donors (Lipinski definition) is 1. The van der Waals surface area contributed by atoms with Crippen LogP contribution < -0.4 is 19.7 Å². The van der Waals surface area contributed by atoms with Crippen molar-refractivity contribution in [3.8, 4) is 11.5 Å². The Labute approximate surface area is 165 Å². The summed E-state index contributed by atoms with van der Waals surface area (Å²) in [6, 6.07) is 14.7. The molecular formula is C22H26N2O4. The zero-order chi connectivity index (χ0) is 19.2. The van der Waals surface area contributed by atoms with E-state index in [9.17, 15) is 4.79 Å². The van der Waals surface area contributed by atoms with Crippen molar-refractivity contribution >= 4 is 11.7 Å². The largest absolute Gasteiger partial charge is 0.465 e.